The maximum Gasteiger partial charge on any atom is 0.219 e. The van der Waals surface area contributed by atoms with Gasteiger partial charge in [0.15, 0.2) is 0 Å². The lowest BCUT2D eigenvalue weighted by Gasteiger charge is -2.13. The van der Waals surface area contributed by atoms with E-state index in [4.69, 9.17) is 0 Å². The van der Waals surface area contributed by atoms with Gasteiger partial charge in [0.1, 0.15) is 5.82 Å². The highest BCUT2D eigenvalue weighted by Gasteiger charge is 2.02. The number of hydrogen-bond acceptors (Lipinski definition) is 2. The van der Waals surface area contributed by atoms with Crippen LogP contribution in [0.3, 0.4) is 0 Å². The minimum Gasteiger partial charge on any atom is -0.336 e. The Morgan fingerprint density at radius 1 is 1.43 bits per heavy atom. The van der Waals surface area contributed by atoms with Gasteiger partial charge in [0.2, 0.25) is 5.91 Å². The molecule has 0 unspecified atom stereocenters. The highest BCUT2D eigenvalue weighted by atomic mass is 32.2. The van der Waals surface area contributed by atoms with Crippen molar-refractivity contribution < 1.29 is 9.18 Å². The van der Waals surface area contributed by atoms with E-state index < -0.39 is 0 Å². The van der Waals surface area contributed by atoms with Gasteiger partial charge in [-0.2, -0.15) is 0 Å². The first kappa shape index (κ1) is 11.0. The van der Waals surface area contributed by atoms with Crippen LogP contribution in [0.4, 0.5) is 4.39 Å². The van der Waals surface area contributed by atoms with Crippen LogP contribution in [-0.2, 0) is 4.79 Å². The maximum absolute atomic E-state index is 12.5. The molecule has 0 aliphatic carbocycles. The first-order valence-corrected chi connectivity index (χ1v) is 5.18. The predicted molar refractivity (Wildman–Crippen MR) is 55.6 cm³/mol. The van der Waals surface area contributed by atoms with Crippen LogP contribution in [0.5, 0.6) is 0 Å². The molecule has 1 amide bonds. The van der Waals surface area contributed by atoms with Gasteiger partial charge in [-0.1, -0.05) is 0 Å². The number of benzene rings is 1. The molecule has 0 heterocycles. The number of rotatable bonds is 3. The molecule has 0 aromatic heterocycles. The zero-order valence-electron chi connectivity index (χ0n) is 8.16. The highest BCUT2D eigenvalue weighted by Crippen LogP contribution is 2.18. The van der Waals surface area contributed by atoms with Crippen molar-refractivity contribution in [3.8, 4) is 0 Å². The zero-order chi connectivity index (χ0) is 10.6. The maximum atomic E-state index is 12.5. The molecule has 0 aliphatic heterocycles. The molecule has 0 atom stereocenters. The molecule has 1 aromatic rings. The summed E-state index contributed by atoms with van der Waals surface area (Å²) in [6.07, 6.45) is 0. The third kappa shape index (κ3) is 3.38. The van der Waals surface area contributed by atoms with E-state index in [-0.39, 0.29) is 11.7 Å². The minimum absolute atomic E-state index is 0.0274. The van der Waals surface area contributed by atoms with Crippen molar-refractivity contribution in [2.24, 2.45) is 0 Å². The summed E-state index contributed by atoms with van der Waals surface area (Å²) in [6.45, 7) is 1.52. The number of amides is 1. The van der Waals surface area contributed by atoms with Gasteiger partial charge in [0, 0.05) is 18.9 Å². The first-order chi connectivity index (χ1) is 6.59. The van der Waals surface area contributed by atoms with Crippen LogP contribution in [-0.4, -0.2) is 23.7 Å². The van der Waals surface area contributed by atoms with E-state index >= 15 is 0 Å². The van der Waals surface area contributed by atoms with Gasteiger partial charge in [-0.25, -0.2) is 4.39 Å². The normalized spacial score (nSPS) is 9.93. The van der Waals surface area contributed by atoms with Gasteiger partial charge in [-0.15, -0.1) is 11.8 Å². The molecule has 0 fully saturated rings. The third-order valence-electron chi connectivity index (χ3n) is 1.78. The SMILES string of the molecule is CC(=O)N(C)CSc1ccc(F)cc1. The number of thioether (sulfide) groups is 1. The van der Waals surface area contributed by atoms with Crippen LogP contribution >= 0.6 is 11.8 Å². The molecule has 0 bridgehead atoms. The number of hydrogen-bond donors (Lipinski definition) is 0. The number of carbonyl (C=O) groups is 1. The Hall–Kier alpha value is -1.03. The van der Waals surface area contributed by atoms with Gasteiger partial charge in [0.25, 0.3) is 0 Å². The zero-order valence-corrected chi connectivity index (χ0v) is 8.97. The second-order valence-corrected chi connectivity index (χ2v) is 3.96. The lowest BCUT2D eigenvalue weighted by atomic mass is 10.4. The van der Waals surface area contributed by atoms with E-state index in [9.17, 15) is 9.18 Å². The summed E-state index contributed by atoms with van der Waals surface area (Å²) in [4.78, 5) is 13.4. The van der Waals surface area contributed by atoms with Crippen LogP contribution in [0.25, 0.3) is 0 Å². The van der Waals surface area contributed by atoms with Crippen molar-refractivity contribution in [2.45, 2.75) is 11.8 Å². The molecule has 0 spiro atoms. The first-order valence-electron chi connectivity index (χ1n) is 4.19. The van der Waals surface area contributed by atoms with Crippen molar-refractivity contribution in [2.75, 3.05) is 12.9 Å². The molecule has 1 rings (SSSR count). The van der Waals surface area contributed by atoms with Crippen molar-refractivity contribution in [3.63, 3.8) is 0 Å². The quantitative estimate of drug-likeness (QED) is 0.567. The summed E-state index contributed by atoms with van der Waals surface area (Å²) in [5.74, 6) is 0.370. The standard InChI is InChI=1S/C10H12FNOS/c1-8(13)12(2)7-14-10-5-3-9(11)4-6-10/h3-6H,7H2,1-2H3. The lowest BCUT2D eigenvalue weighted by Crippen LogP contribution is -2.22. The fourth-order valence-corrected chi connectivity index (χ4v) is 1.65. The summed E-state index contributed by atoms with van der Waals surface area (Å²) in [6, 6.07) is 6.23. The summed E-state index contributed by atoms with van der Waals surface area (Å²) in [5, 5.41) is 0. The molecule has 2 nitrogen and oxygen atoms in total. The van der Waals surface area contributed by atoms with Crippen molar-refractivity contribution in [3.05, 3.63) is 30.1 Å². The molecule has 1 aromatic carbocycles. The summed E-state index contributed by atoms with van der Waals surface area (Å²) in [7, 11) is 1.73. The van der Waals surface area contributed by atoms with Gasteiger partial charge in [0.05, 0.1) is 5.88 Å². The molecule has 76 valence electrons. The Bertz CT molecular complexity index is 312. The third-order valence-corrected chi connectivity index (χ3v) is 2.90. The lowest BCUT2D eigenvalue weighted by molar-refractivity contribution is -0.126. The summed E-state index contributed by atoms with van der Waals surface area (Å²) in [5.41, 5.74) is 0. The van der Waals surface area contributed by atoms with Crippen LogP contribution in [0, 0.1) is 5.82 Å². The van der Waals surface area contributed by atoms with Crippen molar-refractivity contribution in [1.29, 1.82) is 0 Å². The second-order valence-electron chi connectivity index (χ2n) is 2.94. The number of nitrogens with zero attached hydrogens (tertiary/aromatic N) is 1. The average molecular weight is 213 g/mol. The highest BCUT2D eigenvalue weighted by molar-refractivity contribution is 7.99. The molecular weight excluding hydrogens is 201 g/mol. The average Bonchev–Trinajstić information content (AvgIpc) is 2.16. The monoisotopic (exact) mass is 213 g/mol. The van der Waals surface area contributed by atoms with Crippen LogP contribution in [0.15, 0.2) is 29.2 Å². The topological polar surface area (TPSA) is 20.3 Å². The predicted octanol–water partition coefficient (Wildman–Crippen LogP) is 2.35. The van der Waals surface area contributed by atoms with Gasteiger partial charge in [-0.05, 0) is 24.3 Å². The van der Waals surface area contributed by atoms with Crippen molar-refractivity contribution in [1.82, 2.24) is 4.90 Å². The van der Waals surface area contributed by atoms with Crippen LogP contribution < -0.4 is 0 Å². The van der Waals surface area contributed by atoms with E-state index in [0.29, 0.717) is 5.88 Å². The second kappa shape index (κ2) is 5.00. The van der Waals surface area contributed by atoms with Gasteiger partial charge in [-0.3, -0.25) is 4.79 Å². The van der Waals surface area contributed by atoms with Gasteiger partial charge < -0.3 is 4.90 Å². The van der Waals surface area contributed by atoms with E-state index in [1.54, 1.807) is 24.1 Å². The Morgan fingerprint density at radius 2 is 2.00 bits per heavy atom. The molecule has 0 N–H and O–H groups in total. The summed E-state index contributed by atoms with van der Waals surface area (Å²) < 4.78 is 12.5. The molecule has 0 saturated heterocycles. The number of halogens is 1. The van der Waals surface area contributed by atoms with E-state index in [1.165, 1.54) is 30.8 Å². The number of carbonyl (C=O) groups excluding carboxylic acids is 1. The molecule has 0 saturated carbocycles. The van der Waals surface area contributed by atoms with E-state index in [2.05, 4.69) is 0 Å². The van der Waals surface area contributed by atoms with Crippen molar-refractivity contribution >= 4 is 17.7 Å². The van der Waals surface area contributed by atoms with Crippen LogP contribution in [0.2, 0.25) is 0 Å². The minimum atomic E-state index is -0.241. The summed E-state index contributed by atoms with van der Waals surface area (Å²) >= 11 is 1.50. The Balaban J connectivity index is 2.46. The molecular formula is C10H12FNOS. The fraction of sp³-hybridized carbons (Fsp3) is 0.300. The van der Waals surface area contributed by atoms with Crippen LogP contribution in [0.1, 0.15) is 6.92 Å². The Labute approximate surface area is 87.1 Å². The Morgan fingerprint density at radius 3 is 2.50 bits per heavy atom. The Kier molecular flexibility index (Phi) is 3.95. The molecule has 4 heteroatoms. The molecule has 14 heavy (non-hydrogen) atoms. The largest absolute Gasteiger partial charge is 0.336 e. The molecule has 0 radical (unpaired) electrons. The van der Waals surface area contributed by atoms with E-state index in [1.807, 2.05) is 0 Å². The van der Waals surface area contributed by atoms with Gasteiger partial charge >= 0.3 is 0 Å². The smallest absolute Gasteiger partial charge is 0.219 e. The fourth-order valence-electron chi connectivity index (χ4n) is 0.793. The van der Waals surface area contributed by atoms with E-state index in [0.717, 1.165) is 4.90 Å². The molecule has 0 aliphatic rings.